The number of nitrogens with zero attached hydrogens (tertiary/aromatic N) is 1. The van der Waals surface area contributed by atoms with Gasteiger partial charge in [0.05, 0.1) is 18.0 Å². The molecule has 0 heterocycles. The highest BCUT2D eigenvalue weighted by Gasteiger charge is 2.15. The van der Waals surface area contributed by atoms with Crippen LogP contribution in [0.4, 0.5) is 5.69 Å². The maximum Gasteiger partial charge on any atom is 0.258 e. The van der Waals surface area contributed by atoms with Gasteiger partial charge in [0.15, 0.2) is 6.61 Å². The summed E-state index contributed by atoms with van der Waals surface area (Å²) in [5.74, 6) is 0.227. The molecule has 0 aliphatic carbocycles. The van der Waals surface area contributed by atoms with Crippen LogP contribution in [0.5, 0.6) is 5.75 Å². The lowest BCUT2D eigenvalue weighted by atomic mass is 10.1. The van der Waals surface area contributed by atoms with Crippen molar-refractivity contribution in [1.29, 1.82) is 0 Å². The van der Waals surface area contributed by atoms with E-state index in [4.69, 9.17) is 16.3 Å². The molecule has 0 aromatic heterocycles. The van der Waals surface area contributed by atoms with Gasteiger partial charge in [0, 0.05) is 11.6 Å². The number of carbonyl (C=O) groups is 1. The monoisotopic (exact) mass is 410 g/mol. The molecule has 2 rings (SSSR count). The summed E-state index contributed by atoms with van der Waals surface area (Å²) >= 11 is 5.86. The number of nitrogens with one attached hydrogen (secondary N) is 1. The molecule has 0 spiro atoms. The second kappa shape index (κ2) is 9.10. The van der Waals surface area contributed by atoms with Crippen LogP contribution in [0.25, 0.3) is 0 Å². The minimum Gasteiger partial charge on any atom is -0.484 e. The molecule has 1 amide bonds. The van der Waals surface area contributed by atoms with Gasteiger partial charge in [-0.2, -0.15) is 0 Å². The molecule has 2 aromatic rings. The van der Waals surface area contributed by atoms with Gasteiger partial charge in [-0.3, -0.25) is 9.10 Å². The summed E-state index contributed by atoms with van der Waals surface area (Å²) in [5, 5.41) is 3.49. The van der Waals surface area contributed by atoms with Crippen molar-refractivity contribution in [2.24, 2.45) is 0 Å². The number of benzene rings is 2. The molecule has 6 nitrogen and oxygen atoms in total. The van der Waals surface area contributed by atoms with Crippen molar-refractivity contribution in [2.45, 2.75) is 19.9 Å². The third-order valence-corrected chi connectivity index (χ3v) is 5.45. The number of anilines is 1. The molecule has 0 aliphatic rings. The van der Waals surface area contributed by atoms with Crippen LogP contribution in [0.1, 0.15) is 25.5 Å². The smallest absolute Gasteiger partial charge is 0.258 e. The van der Waals surface area contributed by atoms with Crippen molar-refractivity contribution in [2.75, 3.05) is 23.7 Å². The fourth-order valence-electron chi connectivity index (χ4n) is 2.58. The number of halogens is 1. The van der Waals surface area contributed by atoms with Crippen LogP contribution in [0.2, 0.25) is 5.02 Å². The van der Waals surface area contributed by atoms with Crippen LogP contribution < -0.4 is 14.4 Å². The Kier molecular flexibility index (Phi) is 7.10. The first kappa shape index (κ1) is 21.1. The van der Waals surface area contributed by atoms with E-state index in [1.165, 1.54) is 4.31 Å². The first-order valence-electron chi connectivity index (χ1n) is 8.46. The number of hydrogen-bond donors (Lipinski definition) is 1. The summed E-state index contributed by atoms with van der Waals surface area (Å²) in [6.45, 7) is 3.84. The highest BCUT2D eigenvalue weighted by Crippen LogP contribution is 2.21. The summed E-state index contributed by atoms with van der Waals surface area (Å²) in [6.07, 6.45) is 1.16. The fourth-order valence-corrected chi connectivity index (χ4v) is 3.68. The van der Waals surface area contributed by atoms with E-state index in [1.807, 2.05) is 19.1 Å². The normalized spacial score (nSPS) is 12.3. The Labute approximate surface area is 165 Å². The number of hydrogen-bond acceptors (Lipinski definition) is 4. The second-order valence-electron chi connectivity index (χ2n) is 6.05. The largest absolute Gasteiger partial charge is 0.484 e. The summed E-state index contributed by atoms with van der Waals surface area (Å²) in [6, 6.07) is 13.7. The number of ether oxygens (including phenoxy) is 1. The van der Waals surface area contributed by atoms with E-state index in [9.17, 15) is 13.2 Å². The van der Waals surface area contributed by atoms with Gasteiger partial charge in [-0.05, 0) is 55.8 Å². The minimum atomic E-state index is -3.33. The molecule has 8 heteroatoms. The average Bonchev–Trinajstić information content (AvgIpc) is 2.61. The predicted molar refractivity (Wildman–Crippen MR) is 108 cm³/mol. The van der Waals surface area contributed by atoms with Gasteiger partial charge < -0.3 is 10.1 Å². The zero-order valence-corrected chi connectivity index (χ0v) is 17.0. The molecule has 1 N–H and O–H groups in total. The Hall–Kier alpha value is -2.25. The zero-order chi connectivity index (χ0) is 20.0. The summed E-state index contributed by atoms with van der Waals surface area (Å²) < 4.78 is 30.2. The highest BCUT2D eigenvalue weighted by atomic mass is 35.5. The van der Waals surface area contributed by atoms with Crippen LogP contribution >= 0.6 is 11.6 Å². The van der Waals surface area contributed by atoms with Crippen molar-refractivity contribution < 1.29 is 17.9 Å². The zero-order valence-electron chi connectivity index (χ0n) is 15.5. The van der Waals surface area contributed by atoms with Crippen molar-refractivity contribution in [3.63, 3.8) is 0 Å². The molecule has 27 heavy (non-hydrogen) atoms. The number of rotatable bonds is 8. The Morgan fingerprint density at radius 1 is 1.15 bits per heavy atom. The predicted octanol–water partition coefficient (Wildman–Crippen LogP) is 3.38. The average molecular weight is 411 g/mol. The highest BCUT2D eigenvalue weighted by molar-refractivity contribution is 7.92. The molecule has 2 aromatic carbocycles. The summed E-state index contributed by atoms with van der Waals surface area (Å²) in [5.41, 5.74) is 1.49. The van der Waals surface area contributed by atoms with E-state index in [2.05, 4.69) is 5.32 Å². The molecule has 0 saturated carbocycles. The van der Waals surface area contributed by atoms with Gasteiger partial charge >= 0.3 is 0 Å². The molecular formula is C19H23ClN2O4S. The maximum atomic E-state index is 12.1. The van der Waals surface area contributed by atoms with Gasteiger partial charge in [-0.15, -0.1) is 0 Å². The molecule has 0 aliphatic heterocycles. The second-order valence-corrected chi connectivity index (χ2v) is 8.39. The van der Waals surface area contributed by atoms with Crippen LogP contribution in [0.15, 0.2) is 48.5 Å². The van der Waals surface area contributed by atoms with Gasteiger partial charge in [0.25, 0.3) is 5.91 Å². The Bertz CT molecular complexity index is 868. The topological polar surface area (TPSA) is 75.7 Å². The first-order valence-corrected chi connectivity index (χ1v) is 10.7. The third kappa shape index (κ3) is 6.15. The van der Waals surface area contributed by atoms with Gasteiger partial charge in [0.1, 0.15) is 5.75 Å². The lowest BCUT2D eigenvalue weighted by Gasteiger charge is -2.20. The van der Waals surface area contributed by atoms with Crippen LogP contribution in [0, 0.1) is 0 Å². The van der Waals surface area contributed by atoms with E-state index in [-0.39, 0.29) is 18.6 Å². The van der Waals surface area contributed by atoms with E-state index in [0.29, 0.717) is 23.0 Å². The van der Waals surface area contributed by atoms with Gasteiger partial charge in [0.2, 0.25) is 10.0 Å². The number of amides is 1. The summed E-state index contributed by atoms with van der Waals surface area (Å²) in [7, 11) is -3.33. The van der Waals surface area contributed by atoms with Crippen molar-refractivity contribution in [3.8, 4) is 5.75 Å². The Morgan fingerprint density at radius 2 is 1.74 bits per heavy atom. The number of carbonyl (C=O) groups excluding carboxylic acids is 1. The first-order chi connectivity index (χ1) is 12.7. The SMILES string of the molecule is CCN(c1ccc(OCC(=O)N[C@H](C)c2ccc(Cl)cc2)cc1)S(C)(=O)=O. The molecular weight excluding hydrogens is 388 g/mol. The standard InChI is InChI=1S/C19H23ClN2O4S/c1-4-22(27(3,24)25)17-9-11-18(12-10-17)26-13-19(23)21-14(2)15-5-7-16(20)8-6-15/h5-12,14H,4,13H2,1-3H3,(H,21,23)/t14-/m1/s1. The Balaban J connectivity index is 1.90. The quantitative estimate of drug-likeness (QED) is 0.723. The fraction of sp³-hybridized carbons (Fsp3) is 0.316. The van der Waals surface area contributed by atoms with Gasteiger partial charge in [-0.25, -0.2) is 8.42 Å². The molecule has 1 atom stereocenters. The van der Waals surface area contributed by atoms with Crippen LogP contribution in [-0.2, 0) is 14.8 Å². The molecule has 0 bridgehead atoms. The van der Waals surface area contributed by atoms with Crippen LogP contribution in [0.3, 0.4) is 0 Å². The lowest BCUT2D eigenvalue weighted by molar-refractivity contribution is -0.123. The molecule has 0 unspecified atom stereocenters. The van der Waals surface area contributed by atoms with Crippen LogP contribution in [-0.4, -0.2) is 33.7 Å². The molecule has 146 valence electrons. The van der Waals surface area contributed by atoms with Crippen molar-refractivity contribution in [1.82, 2.24) is 5.32 Å². The van der Waals surface area contributed by atoms with E-state index < -0.39 is 10.0 Å². The molecule has 0 saturated heterocycles. The van der Waals surface area contributed by atoms with E-state index in [1.54, 1.807) is 43.3 Å². The van der Waals surface area contributed by atoms with E-state index in [0.717, 1.165) is 11.8 Å². The summed E-state index contributed by atoms with van der Waals surface area (Å²) in [4.78, 5) is 12.1. The Morgan fingerprint density at radius 3 is 2.26 bits per heavy atom. The van der Waals surface area contributed by atoms with Crippen molar-refractivity contribution >= 4 is 33.2 Å². The molecule has 0 fully saturated rings. The lowest BCUT2D eigenvalue weighted by Crippen LogP contribution is -2.31. The maximum absolute atomic E-state index is 12.1. The minimum absolute atomic E-state index is 0.138. The third-order valence-electron chi connectivity index (χ3n) is 3.93. The van der Waals surface area contributed by atoms with Crippen molar-refractivity contribution in [3.05, 3.63) is 59.1 Å². The number of sulfonamides is 1. The van der Waals surface area contributed by atoms with Gasteiger partial charge in [-0.1, -0.05) is 23.7 Å². The molecule has 0 radical (unpaired) electrons. The van der Waals surface area contributed by atoms with E-state index >= 15 is 0 Å².